The summed E-state index contributed by atoms with van der Waals surface area (Å²) >= 11 is 0. The molecule has 0 saturated carbocycles. The highest BCUT2D eigenvalue weighted by atomic mass is 16.3. The molecular weight excluding hydrogens is 220 g/mol. The average molecular weight is 238 g/mol. The number of aromatic amines is 1. The first-order valence-corrected chi connectivity index (χ1v) is 5.70. The number of aliphatic hydroxyl groups is 1. The number of carbonyl (C=O) groups is 1. The van der Waals surface area contributed by atoms with Gasteiger partial charge in [-0.15, -0.1) is 0 Å². The zero-order valence-electron chi connectivity index (χ0n) is 9.98. The molecule has 0 saturated heterocycles. The highest BCUT2D eigenvalue weighted by Gasteiger charge is 2.10. The molecule has 0 atom stereocenters. The van der Waals surface area contributed by atoms with Crippen LogP contribution in [0.4, 0.5) is 0 Å². The van der Waals surface area contributed by atoms with E-state index >= 15 is 0 Å². The molecule has 94 valence electrons. The van der Waals surface area contributed by atoms with Crippen molar-refractivity contribution in [2.24, 2.45) is 0 Å². The Morgan fingerprint density at radius 3 is 2.71 bits per heavy atom. The Morgan fingerprint density at radius 1 is 1.35 bits per heavy atom. The third-order valence-corrected chi connectivity index (χ3v) is 2.53. The summed E-state index contributed by atoms with van der Waals surface area (Å²) in [5, 5.41) is 8.63. The molecule has 5 heteroatoms. The summed E-state index contributed by atoms with van der Waals surface area (Å²) in [7, 11) is 1.73. The van der Waals surface area contributed by atoms with Crippen molar-refractivity contribution in [3.05, 3.63) is 34.2 Å². The maximum Gasteiger partial charge on any atom is 0.255 e. The molecule has 0 aliphatic carbocycles. The molecule has 0 unspecified atom stereocenters. The molecular formula is C12H18N2O3. The van der Waals surface area contributed by atoms with Gasteiger partial charge in [-0.05, 0) is 25.3 Å². The lowest BCUT2D eigenvalue weighted by molar-refractivity contribution is 0.0791. The maximum absolute atomic E-state index is 11.9. The minimum absolute atomic E-state index is 0.106. The molecule has 2 N–H and O–H groups in total. The fraction of sp³-hybridized carbons (Fsp3) is 0.500. The third kappa shape index (κ3) is 4.40. The Labute approximate surface area is 100 Å². The van der Waals surface area contributed by atoms with Gasteiger partial charge in [-0.2, -0.15) is 0 Å². The molecule has 0 spiro atoms. The fourth-order valence-electron chi connectivity index (χ4n) is 1.50. The topological polar surface area (TPSA) is 73.4 Å². The van der Waals surface area contributed by atoms with Crippen LogP contribution in [0, 0.1) is 0 Å². The molecule has 5 nitrogen and oxygen atoms in total. The monoisotopic (exact) mass is 238 g/mol. The maximum atomic E-state index is 11.9. The molecule has 1 amide bonds. The molecule has 0 aliphatic rings. The lowest BCUT2D eigenvalue weighted by atomic mass is 10.2. The largest absolute Gasteiger partial charge is 0.396 e. The Balaban J connectivity index is 2.46. The van der Waals surface area contributed by atoms with Crippen molar-refractivity contribution >= 4 is 5.91 Å². The van der Waals surface area contributed by atoms with E-state index in [1.807, 2.05) is 0 Å². The van der Waals surface area contributed by atoms with Gasteiger partial charge in [-0.3, -0.25) is 9.59 Å². The van der Waals surface area contributed by atoms with E-state index in [0.29, 0.717) is 12.1 Å². The lowest BCUT2D eigenvalue weighted by Crippen LogP contribution is -2.28. The number of amides is 1. The number of H-pyrrole nitrogens is 1. The Morgan fingerprint density at radius 2 is 2.12 bits per heavy atom. The molecule has 0 fully saturated rings. The summed E-state index contributed by atoms with van der Waals surface area (Å²) < 4.78 is 0. The molecule has 1 rings (SSSR count). The highest BCUT2D eigenvalue weighted by molar-refractivity contribution is 5.93. The summed E-state index contributed by atoms with van der Waals surface area (Å²) in [5.41, 5.74) is 0.265. The quantitative estimate of drug-likeness (QED) is 0.713. The standard InChI is InChI=1S/C12H18N2O3/c1-14(7-3-2-4-8-15)12(17)10-5-6-11(16)13-9-10/h5-6,9,15H,2-4,7-8H2,1H3,(H,13,16). The molecule has 0 bridgehead atoms. The fourth-order valence-corrected chi connectivity index (χ4v) is 1.50. The Hall–Kier alpha value is -1.62. The van der Waals surface area contributed by atoms with Gasteiger partial charge in [0.25, 0.3) is 5.91 Å². The van der Waals surface area contributed by atoms with Gasteiger partial charge in [0.2, 0.25) is 5.56 Å². The lowest BCUT2D eigenvalue weighted by Gasteiger charge is -2.16. The zero-order chi connectivity index (χ0) is 12.7. The van der Waals surface area contributed by atoms with Crippen LogP contribution in [0.15, 0.2) is 23.1 Å². The van der Waals surface area contributed by atoms with E-state index in [1.165, 1.54) is 18.3 Å². The SMILES string of the molecule is CN(CCCCCO)C(=O)c1ccc(=O)[nH]c1. The Bertz CT molecular complexity index is 394. The first-order chi connectivity index (χ1) is 8.15. The number of pyridine rings is 1. The number of nitrogens with one attached hydrogen (secondary N) is 1. The molecule has 1 heterocycles. The summed E-state index contributed by atoms with van der Waals surface area (Å²) in [6.07, 6.45) is 3.96. The van der Waals surface area contributed by atoms with E-state index in [1.54, 1.807) is 11.9 Å². The Kier molecular flexibility index (Phi) is 5.42. The van der Waals surface area contributed by atoms with Gasteiger partial charge in [-0.1, -0.05) is 0 Å². The third-order valence-electron chi connectivity index (χ3n) is 2.53. The van der Waals surface area contributed by atoms with Crippen LogP contribution in [0.3, 0.4) is 0 Å². The van der Waals surface area contributed by atoms with Gasteiger partial charge in [-0.25, -0.2) is 0 Å². The van der Waals surface area contributed by atoms with Crippen molar-refractivity contribution in [1.82, 2.24) is 9.88 Å². The van der Waals surface area contributed by atoms with Crippen molar-refractivity contribution in [2.45, 2.75) is 19.3 Å². The van der Waals surface area contributed by atoms with E-state index in [-0.39, 0.29) is 18.1 Å². The van der Waals surface area contributed by atoms with Crippen molar-refractivity contribution in [1.29, 1.82) is 0 Å². The van der Waals surface area contributed by atoms with Crippen LogP contribution in [0.25, 0.3) is 0 Å². The van der Waals surface area contributed by atoms with Gasteiger partial charge < -0.3 is 15.0 Å². The number of rotatable bonds is 6. The highest BCUT2D eigenvalue weighted by Crippen LogP contribution is 2.02. The van der Waals surface area contributed by atoms with Crippen molar-refractivity contribution in [2.75, 3.05) is 20.2 Å². The van der Waals surface area contributed by atoms with Crippen molar-refractivity contribution < 1.29 is 9.90 Å². The van der Waals surface area contributed by atoms with Crippen LogP contribution in [-0.2, 0) is 0 Å². The van der Waals surface area contributed by atoms with Crippen molar-refractivity contribution in [3.8, 4) is 0 Å². The predicted octanol–water partition coefficient (Wildman–Crippen LogP) is 0.609. The average Bonchev–Trinajstić information content (AvgIpc) is 2.34. The number of hydrogen-bond donors (Lipinski definition) is 2. The molecule has 1 aromatic heterocycles. The van der Waals surface area contributed by atoms with Gasteiger partial charge in [0.1, 0.15) is 0 Å². The molecule has 1 aromatic rings. The van der Waals surface area contributed by atoms with Gasteiger partial charge in [0, 0.05) is 32.5 Å². The number of unbranched alkanes of at least 4 members (excludes halogenated alkanes) is 2. The van der Waals surface area contributed by atoms with Gasteiger partial charge >= 0.3 is 0 Å². The minimum atomic E-state index is -0.216. The summed E-state index contributed by atoms with van der Waals surface area (Å²) in [6, 6.07) is 2.86. The second-order valence-electron chi connectivity index (χ2n) is 3.95. The van der Waals surface area contributed by atoms with E-state index in [4.69, 9.17) is 5.11 Å². The van der Waals surface area contributed by atoms with E-state index in [0.717, 1.165) is 19.3 Å². The van der Waals surface area contributed by atoms with Crippen LogP contribution in [0.5, 0.6) is 0 Å². The summed E-state index contributed by atoms with van der Waals surface area (Å²) in [4.78, 5) is 26.8. The van der Waals surface area contributed by atoms with E-state index in [2.05, 4.69) is 4.98 Å². The zero-order valence-corrected chi connectivity index (χ0v) is 9.98. The normalized spacial score (nSPS) is 10.2. The second kappa shape index (κ2) is 6.85. The number of aromatic nitrogens is 1. The number of nitrogens with zero attached hydrogens (tertiary/aromatic N) is 1. The summed E-state index contributed by atoms with van der Waals surface area (Å²) in [6.45, 7) is 0.843. The number of aliphatic hydroxyl groups excluding tert-OH is 1. The minimum Gasteiger partial charge on any atom is -0.396 e. The van der Waals surface area contributed by atoms with Crippen LogP contribution >= 0.6 is 0 Å². The van der Waals surface area contributed by atoms with Crippen LogP contribution in [0.2, 0.25) is 0 Å². The second-order valence-corrected chi connectivity index (χ2v) is 3.95. The molecule has 0 aliphatic heterocycles. The van der Waals surface area contributed by atoms with Crippen LogP contribution in [0.1, 0.15) is 29.6 Å². The smallest absolute Gasteiger partial charge is 0.255 e. The summed E-state index contributed by atoms with van der Waals surface area (Å²) in [5.74, 6) is -0.106. The van der Waals surface area contributed by atoms with Crippen molar-refractivity contribution in [3.63, 3.8) is 0 Å². The van der Waals surface area contributed by atoms with Gasteiger partial charge in [0.15, 0.2) is 0 Å². The van der Waals surface area contributed by atoms with E-state index in [9.17, 15) is 9.59 Å². The molecule has 0 aromatic carbocycles. The first kappa shape index (κ1) is 13.4. The van der Waals surface area contributed by atoms with Crippen LogP contribution < -0.4 is 5.56 Å². The molecule has 17 heavy (non-hydrogen) atoms. The first-order valence-electron chi connectivity index (χ1n) is 5.70. The van der Waals surface area contributed by atoms with Crippen LogP contribution in [-0.4, -0.2) is 41.1 Å². The van der Waals surface area contributed by atoms with E-state index < -0.39 is 0 Å². The number of hydrogen-bond acceptors (Lipinski definition) is 3. The van der Waals surface area contributed by atoms with Gasteiger partial charge in [0.05, 0.1) is 5.56 Å². The predicted molar refractivity (Wildman–Crippen MR) is 65.0 cm³/mol. The number of carbonyl (C=O) groups excluding carboxylic acids is 1. The molecule has 0 radical (unpaired) electrons.